The monoisotopic (exact) mass is 177 g/mol. The number of nitrogens with one attached hydrogen (secondary N) is 1. The summed E-state index contributed by atoms with van der Waals surface area (Å²) in [4.78, 5) is 11.1. The predicted octanol–water partition coefficient (Wildman–Crippen LogP) is 1.22. The van der Waals surface area contributed by atoms with Crippen molar-refractivity contribution in [3.8, 4) is 0 Å². The van der Waals surface area contributed by atoms with Crippen LogP contribution in [0, 0.1) is 0 Å². The molecule has 0 spiro atoms. The lowest BCUT2D eigenvalue weighted by molar-refractivity contribution is -0.142. The molecule has 0 aromatic heterocycles. The summed E-state index contributed by atoms with van der Waals surface area (Å²) >= 11 is 0. The van der Waals surface area contributed by atoms with Crippen molar-refractivity contribution in [3.63, 3.8) is 0 Å². The average molecular weight is 177 g/mol. The summed E-state index contributed by atoms with van der Waals surface area (Å²) in [5, 5.41) is 3.05. The standard InChI is InChI=1S/C10H11NO2/c1-7-10(12)13-9(11-7)8-5-3-2-4-6-8/h2-7,9,11H,1H3/t7-,9?/m0/s1. The highest BCUT2D eigenvalue weighted by Gasteiger charge is 2.30. The first kappa shape index (κ1) is 8.26. The van der Waals surface area contributed by atoms with Crippen molar-refractivity contribution in [2.75, 3.05) is 0 Å². The van der Waals surface area contributed by atoms with Gasteiger partial charge in [0.1, 0.15) is 6.04 Å². The van der Waals surface area contributed by atoms with Gasteiger partial charge in [-0.3, -0.25) is 10.1 Å². The Hall–Kier alpha value is -1.35. The maximum absolute atomic E-state index is 11.1. The van der Waals surface area contributed by atoms with E-state index < -0.39 is 0 Å². The lowest BCUT2D eigenvalue weighted by atomic mass is 10.2. The number of hydrogen-bond acceptors (Lipinski definition) is 3. The number of benzene rings is 1. The number of esters is 1. The van der Waals surface area contributed by atoms with Crippen LogP contribution in [0.5, 0.6) is 0 Å². The van der Waals surface area contributed by atoms with Crippen LogP contribution < -0.4 is 5.32 Å². The molecule has 2 atom stereocenters. The van der Waals surface area contributed by atoms with Gasteiger partial charge in [0.25, 0.3) is 0 Å². The van der Waals surface area contributed by atoms with E-state index in [4.69, 9.17) is 4.74 Å². The zero-order valence-electron chi connectivity index (χ0n) is 7.36. The first-order valence-corrected chi connectivity index (χ1v) is 4.29. The van der Waals surface area contributed by atoms with Gasteiger partial charge in [0.2, 0.25) is 0 Å². The smallest absolute Gasteiger partial charge is 0.324 e. The van der Waals surface area contributed by atoms with Gasteiger partial charge in [0.05, 0.1) is 0 Å². The maximum atomic E-state index is 11.1. The zero-order valence-corrected chi connectivity index (χ0v) is 7.36. The molecule has 1 fully saturated rings. The molecule has 0 saturated carbocycles. The number of ether oxygens (including phenoxy) is 1. The summed E-state index contributed by atoms with van der Waals surface area (Å²) in [6, 6.07) is 9.45. The van der Waals surface area contributed by atoms with Crippen molar-refractivity contribution >= 4 is 5.97 Å². The van der Waals surface area contributed by atoms with E-state index >= 15 is 0 Å². The predicted molar refractivity (Wildman–Crippen MR) is 47.9 cm³/mol. The third-order valence-corrected chi connectivity index (χ3v) is 2.09. The third kappa shape index (κ3) is 1.55. The number of cyclic esters (lactones) is 1. The zero-order chi connectivity index (χ0) is 9.26. The van der Waals surface area contributed by atoms with Crippen LogP contribution in [-0.2, 0) is 9.53 Å². The fourth-order valence-corrected chi connectivity index (χ4v) is 1.34. The quantitative estimate of drug-likeness (QED) is 0.655. The molecule has 0 aliphatic carbocycles. The second kappa shape index (κ2) is 3.18. The fourth-order valence-electron chi connectivity index (χ4n) is 1.34. The molecule has 0 amide bonds. The molecule has 3 nitrogen and oxygen atoms in total. The second-order valence-electron chi connectivity index (χ2n) is 3.12. The Morgan fingerprint density at radius 3 is 2.54 bits per heavy atom. The van der Waals surface area contributed by atoms with E-state index in [0.29, 0.717) is 0 Å². The van der Waals surface area contributed by atoms with Gasteiger partial charge < -0.3 is 4.74 Å². The highest BCUT2D eigenvalue weighted by molar-refractivity contribution is 5.77. The minimum Gasteiger partial charge on any atom is -0.441 e. The first-order chi connectivity index (χ1) is 6.27. The molecular weight excluding hydrogens is 166 g/mol. The van der Waals surface area contributed by atoms with Crippen LogP contribution in [0.4, 0.5) is 0 Å². The molecule has 1 aromatic carbocycles. The summed E-state index contributed by atoms with van der Waals surface area (Å²) in [6.07, 6.45) is -0.274. The normalized spacial score (nSPS) is 27.3. The molecule has 1 aliphatic rings. The topological polar surface area (TPSA) is 38.3 Å². The average Bonchev–Trinajstić information content (AvgIpc) is 2.49. The highest BCUT2D eigenvalue weighted by atomic mass is 16.6. The van der Waals surface area contributed by atoms with Crippen LogP contribution in [-0.4, -0.2) is 12.0 Å². The van der Waals surface area contributed by atoms with Gasteiger partial charge in [-0.25, -0.2) is 0 Å². The number of carbonyl (C=O) groups is 1. The molecule has 2 rings (SSSR count). The summed E-state index contributed by atoms with van der Waals surface area (Å²) in [5.74, 6) is -0.186. The van der Waals surface area contributed by atoms with Gasteiger partial charge in [-0.15, -0.1) is 0 Å². The van der Waals surface area contributed by atoms with E-state index in [1.54, 1.807) is 6.92 Å². The van der Waals surface area contributed by atoms with Crippen LogP contribution in [0.1, 0.15) is 18.7 Å². The van der Waals surface area contributed by atoms with Crippen molar-refractivity contribution in [2.24, 2.45) is 0 Å². The molecule has 0 bridgehead atoms. The van der Waals surface area contributed by atoms with Gasteiger partial charge in [-0.2, -0.15) is 0 Å². The van der Waals surface area contributed by atoms with Gasteiger partial charge in [-0.1, -0.05) is 30.3 Å². The van der Waals surface area contributed by atoms with E-state index in [-0.39, 0.29) is 18.2 Å². The van der Waals surface area contributed by atoms with Crippen LogP contribution >= 0.6 is 0 Å². The van der Waals surface area contributed by atoms with E-state index in [2.05, 4.69) is 5.32 Å². The molecule has 1 aliphatic heterocycles. The summed E-state index contributed by atoms with van der Waals surface area (Å²) in [7, 11) is 0. The molecule has 1 heterocycles. The van der Waals surface area contributed by atoms with Crippen molar-refractivity contribution in [1.82, 2.24) is 5.32 Å². The summed E-state index contributed by atoms with van der Waals surface area (Å²) < 4.78 is 5.11. The second-order valence-corrected chi connectivity index (χ2v) is 3.12. The van der Waals surface area contributed by atoms with E-state index in [1.807, 2.05) is 30.3 Å². The Morgan fingerprint density at radius 1 is 1.31 bits per heavy atom. The van der Waals surface area contributed by atoms with Crippen molar-refractivity contribution in [2.45, 2.75) is 19.2 Å². The van der Waals surface area contributed by atoms with Gasteiger partial charge in [-0.05, 0) is 6.92 Å². The first-order valence-electron chi connectivity index (χ1n) is 4.29. The van der Waals surface area contributed by atoms with Crippen molar-refractivity contribution < 1.29 is 9.53 Å². The molecule has 0 radical (unpaired) electrons. The Morgan fingerprint density at radius 2 is 2.00 bits per heavy atom. The van der Waals surface area contributed by atoms with Crippen LogP contribution in [0.3, 0.4) is 0 Å². The molecule has 1 unspecified atom stereocenters. The Labute approximate surface area is 76.7 Å². The molecule has 13 heavy (non-hydrogen) atoms. The molecule has 3 heteroatoms. The fraction of sp³-hybridized carbons (Fsp3) is 0.300. The van der Waals surface area contributed by atoms with Crippen molar-refractivity contribution in [1.29, 1.82) is 0 Å². The van der Waals surface area contributed by atoms with E-state index in [9.17, 15) is 4.79 Å². The Balaban J connectivity index is 2.17. The van der Waals surface area contributed by atoms with Gasteiger partial charge in [0.15, 0.2) is 6.23 Å². The minimum atomic E-state index is -0.274. The molecule has 1 saturated heterocycles. The Kier molecular flexibility index (Phi) is 2.02. The van der Waals surface area contributed by atoms with Gasteiger partial charge in [0, 0.05) is 5.56 Å². The molecule has 68 valence electrons. The number of rotatable bonds is 1. The summed E-state index contributed by atoms with van der Waals surface area (Å²) in [6.45, 7) is 1.80. The number of carbonyl (C=O) groups excluding carboxylic acids is 1. The summed E-state index contributed by atoms with van der Waals surface area (Å²) in [5.41, 5.74) is 0.986. The van der Waals surface area contributed by atoms with Crippen LogP contribution in [0.2, 0.25) is 0 Å². The number of hydrogen-bond donors (Lipinski definition) is 1. The van der Waals surface area contributed by atoms with Crippen LogP contribution in [0.15, 0.2) is 30.3 Å². The van der Waals surface area contributed by atoms with E-state index in [1.165, 1.54) is 0 Å². The van der Waals surface area contributed by atoms with Gasteiger partial charge >= 0.3 is 5.97 Å². The highest BCUT2D eigenvalue weighted by Crippen LogP contribution is 2.20. The molecule has 1 N–H and O–H groups in total. The minimum absolute atomic E-state index is 0.186. The third-order valence-electron chi connectivity index (χ3n) is 2.09. The Bertz CT molecular complexity index is 310. The van der Waals surface area contributed by atoms with Crippen molar-refractivity contribution in [3.05, 3.63) is 35.9 Å². The van der Waals surface area contributed by atoms with E-state index in [0.717, 1.165) is 5.56 Å². The largest absolute Gasteiger partial charge is 0.441 e. The molecule has 1 aromatic rings. The lowest BCUT2D eigenvalue weighted by Crippen LogP contribution is -2.24. The van der Waals surface area contributed by atoms with Crippen LogP contribution in [0.25, 0.3) is 0 Å². The molecular formula is C10H11NO2. The SMILES string of the molecule is C[C@@H]1NC(c2ccccc2)OC1=O. The lowest BCUT2D eigenvalue weighted by Gasteiger charge is -2.08. The maximum Gasteiger partial charge on any atom is 0.324 e.